The molecule has 1 unspecified atom stereocenters. The molecule has 14 heteroatoms. The normalized spacial score (nSPS) is 23.8. The Balaban J connectivity index is 1.58. The molecule has 0 radical (unpaired) electrons. The van der Waals surface area contributed by atoms with Crippen LogP contribution in [0.3, 0.4) is 0 Å². The summed E-state index contributed by atoms with van der Waals surface area (Å²) in [6, 6.07) is 7.86. The standard InChI is InChI=1S/C31H46N5O8P/c1-8-21(9-2)15-41-30(39)20(6)35-45(40,44-24-14-19(5)10-11-22(24)18(3)4)42-16-25-27(37)28(38)31(7,43-25)26-13-12-23-29(32)33-17-34-36(23)26/h10-14,17-18,20-21,25,27-28,37-38H,8-9,15-16H2,1-7H3,(H,35,40)(H2,32,33,34)/t20-,25+,27+,28+,31-,45?/m0/s1. The van der Waals surface area contributed by atoms with Crippen LogP contribution in [0.25, 0.3) is 5.52 Å². The minimum Gasteiger partial charge on any atom is -0.464 e. The summed E-state index contributed by atoms with van der Waals surface area (Å²) in [5.41, 5.74) is 7.13. The molecule has 3 heterocycles. The average molecular weight is 648 g/mol. The van der Waals surface area contributed by atoms with Crippen molar-refractivity contribution in [2.45, 2.75) is 97.2 Å². The average Bonchev–Trinajstić information content (AvgIpc) is 3.53. The number of esters is 1. The molecule has 13 nitrogen and oxygen atoms in total. The molecule has 1 aliphatic rings. The van der Waals surface area contributed by atoms with Crippen molar-refractivity contribution in [3.8, 4) is 5.75 Å². The minimum atomic E-state index is -4.31. The summed E-state index contributed by atoms with van der Waals surface area (Å²) in [6.45, 7) is 12.8. The zero-order valence-electron chi connectivity index (χ0n) is 27.0. The van der Waals surface area contributed by atoms with Crippen molar-refractivity contribution in [1.29, 1.82) is 0 Å². The number of carbonyl (C=O) groups excluding carboxylic acids is 1. The molecule has 4 rings (SSSR count). The number of hydrogen-bond donors (Lipinski definition) is 4. The molecule has 0 amide bonds. The van der Waals surface area contributed by atoms with Crippen LogP contribution in [-0.4, -0.2) is 68.3 Å². The molecular formula is C31H46N5O8P. The molecule has 45 heavy (non-hydrogen) atoms. The highest BCUT2D eigenvalue weighted by Gasteiger charge is 2.54. The third-order valence-electron chi connectivity index (χ3n) is 8.40. The number of aliphatic hydroxyl groups is 2. The largest absolute Gasteiger partial charge is 0.464 e. The van der Waals surface area contributed by atoms with Crippen LogP contribution in [0.15, 0.2) is 36.7 Å². The van der Waals surface area contributed by atoms with Gasteiger partial charge in [0.2, 0.25) is 0 Å². The number of aliphatic hydroxyl groups excluding tert-OH is 2. The fourth-order valence-corrected chi connectivity index (χ4v) is 6.90. The number of rotatable bonds is 14. The van der Waals surface area contributed by atoms with Gasteiger partial charge in [0.15, 0.2) is 5.82 Å². The minimum absolute atomic E-state index is 0.0296. The van der Waals surface area contributed by atoms with Crippen LogP contribution in [0.4, 0.5) is 5.82 Å². The maximum atomic E-state index is 14.4. The Labute approximate surface area is 264 Å². The Morgan fingerprint density at radius 2 is 1.91 bits per heavy atom. The van der Waals surface area contributed by atoms with Crippen molar-refractivity contribution in [3.63, 3.8) is 0 Å². The molecule has 0 spiro atoms. The summed E-state index contributed by atoms with van der Waals surface area (Å²) in [5, 5.41) is 29.1. The number of ether oxygens (including phenoxy) is 2. The number of fused-ring (bicyclic) bond motifs is 1. The molecule has 0 aliphatic carbocycles. The number of hydrogen-bond acceptors (Lipinski definition) is 11. The van der Waals surface area contributed by atoms with E-state index in [1.54, 1.807) is 25.1 Å². The summed E-state index contributed by atoms with van der Waals surface area (Å²) in [7, 11) is -4.31. The summed E-state index contributed by atoms with van der Waals surface area (Å²) >= 11 is 0. The van der Waals surface area contributed by atoms with Crippen molar-refractivity contribution in [1.82, 2.24) is 19.7 Å². The van der Waals surface area contributed by atoms with E-state index in [0.717, 1.165) is 24.0 Å². The summed E-state index contributed by atoms with van der Waals surface area (Å²) < 4.78 is 39.5. The Morgan fingerprint density at radius 1 is 1.20 bits per heavy atom. The van der Waals surface area contributed by atoms with Gasteiger partial charge >= 0.3 is 13.7 Å². The van der Waals surface area contributed by atoms with Gasteiger partial charge in [-0.05, 0) is 61.9 Å². The number of carbonyl (C=O) groups is 1. The van der Waals surface area contributed by atoms with Gasteiger partial charge in [0.05, 0.1) is 18.9 Å². The van der Waals surface area contributed by atoms with Crippen LogP contribution in [-0.2, 0) is 29.0 Å². The Morgan fingerprint density at radius 3 is 2.58 bits per heavy atom. The third-order valence-corrected chi connectivity index (χ3v) is 10.0. The van der Waals surface area contributed by atoms with E-state index in [4.69, 9.17) is 24.3 Å². The molecule has 1 fully saturated rings. The Hall–Kier alpha value is -3.06. The third kappa shape index (κ3) is 7.51. The van der Waals surface area contributed by atoms with Crippen molar-refractivity contribution in [2.75, 3.05) is 18.9 Å². The first-order valence-corrected chi connectivity index (χ1v) is 16.9. The van der Waals surface area contributed by atoms with Crippen molar-refractivity contribution in [2.24, 2.45) is 5.92 Å². The fourth-order valence-electron chi connectivity index (χ4n) is 5.38. The van der Waals surface area contributed by atoms with Crippen molar-refractivity contribution in [3.05, 3.63) is 53.5 Å². The zero-order valence-corrected chi connectivity index (χ0v) is 27.9. The first-order valence-electron chi connectivity index (χ1n) is 15.3. The number of nitrogen functional groups attached to an aromatic ring is 1. The highest BCUT2D eigenvalue weighted by Crippen LogP contribution is 2.49. The van der Waals surface area contributed by atoms with Gasteiger partial charge in [0.1, 0.15) is 47.5 Å². The maximum Gasteiger partial charge on any atom is 0.459 e. The Kier molecular flexibility index (Phi) is 10.9. The van der Waals surface area contributed by atoms with E-state index in [2.05, 4.69) is 15.2 Å². The lowest BCUT2D eigenvalue weighted by Crippen LogP contribution is -2.40. The van der Waals surface area contributed by atoms with Gasteiger partial charge in [-0.25, -0.2) is 14.1 Å². The van der Waals surface area contributed by atoms with Crippen LogP contribution < -0.4 is 15.3 Å². The molecule has 6 atom stereocenters. The lowest BCUT2D eigenvalue weighted by molar-refractivity contribution is -0.146. The van der Waals surface area contributed by atoms with E-state index in [9.17, 15) is 19.6 Å². The number of nitrogens with zero attached hydrogens (tertiary/aromatic N) is 3. The first kappa shape index (κ1) is 34.8. The van der Waals surface area contributed by atoms with Crippen molar-refractivity contribution >= 4 is 25.1 Å². The van der Waals surface area contributed by atoms with Gasteiger partial charge in [-0.2, -0.15) is 10.2 Å². The molecule has 0 bridgehead atoms. The second-order valence-electron chi connectivity index (χ2n) is 12.1. The smallest absolute Gasteiger partial charge is 0.459 e. The molecule has 3 aromatic rings. The number of aryl methyl sites for hydroxylation is 1. The van der Waals surface area contributed by atoms with Gasteiger partial charge in [0, 0.05) is 0 Å². The second kappa shape index (κ2) is 14.1. The van der Waals surface area contributed by atoms with E-state index in [1.165, 1.54) is 17.8 Å². The zero-order chi connectivity index (χ0) is 33.1. The maximum absolute atomic E-state index is 14.4. The van der Waals surface area contributed by atoms with Gasteiger partial charge in [-0.15, -0.1) is 0 Å². The van der Waals surface area contributed by atoms with E-state index in [1.807, 2.05) is 46.8 Å². The van der Waals surface area contributed by atoms with Gasteiger partial charge < -0.3 is 29.9 Å². The topological polar surface area (TPSA) is 180 Å². The van der Waals surface area contributed by atoms with Crippen molar-refractivity contribution < 1.29 is 38.1 Å². The number of anilines is 1. The number of aromatic nitrogens is 3. The summed E-state index contributed by atoms with van der Waals surface area (Å²) in [4.78, 5) is 16.9. The molecular weight excluding hydrogens is 601 g/mol. The monoisotopic (exact) mass is 647 g/mol. The highest BCUT2D eigenvalue weighted by atomic mass is 31.2. The van der Waals surface area contributed by atoms with Gasteiger partial charge in [-0.3, -0.25) is 9.32 Å². The molecule has 248 valence electrons. The van der Waals surface area contributed by atoms with Crippen LogP contribution in [0.2, 0.25) is 0 Å². The fraction of sp³-hybridized carbons (Fsp3) is 0.581. The van der Waals surface area contributed by atoms with Gasteiger partial charge in [0.25, 0.3) is 0 Å². The van der Waals surface area contributed by atoms with E-state index < -0.39 is 50.3 Å². The SMILES string of the molecule is CCC(CC)COC(=O)[C@H](C)NP(=O)(OC[C@H]1O[C@@](C)(c2ccc3c(N)ncnn23)[C@H](O)[C@@H]1O)Oc1cc(C)ccc1C(C)C. The van der Waals surface area contributed by atoms with Crippen LogP contribution in [0, 0.1) is 12.8 Å². The molecule has 2 aromatic heterocycles. The second-order valence-corrected chi connectivity index (χ2v) is 13.8. The molecule has 5 N–H and O–H groups in total. The van der Waals surface area contributed by atoms with Gasteiger partial charge in [-0.1, -0.05) is 52.7 Å². The van der Waals surface area contributed by atoms with Crippen LogP contribution >= 0.6 is 7.75 Å². The molecule has 1 aromatic carbocycles. The van der Waals surface area contributed by atoms with Crippen LogP contribution in [0.1, 0.15) is 77.1 Å². The molecule has 1 saturated heterocycles. The quantitative estimate of drug-likeness (QED) is 0.145. The number of nitrogens with one attached hydrogen (secondary N) is 1. The Bertz CT molecular complexity index is 1530. The van der Waals surface area contributed by atoms with E-state index in [0.29, 0.717) is 17.0 Å². The summed E-state index contributed by atoms with van der Waals surface area (Å²) in [6.07, 6.45) is -0.976. The molecule has 0 saturated carbocycles. The predicted octanol–water partition coefficient (Wildman–Crippen LogP) is 4.24. The molecule has 1 aliphatic heterocycles. The highest BCUT2D eigenvalue weighted by molar-refractivity contribution is 7.52. The first-order chi connectivity index (χ1) is 21.2. The lowest BCUT2D eigenvalue weighted by Gasteiger charge is -2.28. The predicted molar refractivity (Wildman–Crippen MR) is 169 cm³/mol. The lowest BCUT2D eigenvalue weighted by atomic mass is 9.93. The van der Waals surface area contributed by atoms with E-state index >= 15 is 0 Å². The number of benzene rings is 1. The summed E-state index contributed by atoms with van der Waals surface area (Å²) in [5.74, 6) is 0.199. The van der Waals surface area contributed by atoms with Crippen LogP contribution in [0.5, 0.6) is 5.75 Å². The van der Waals surface area contributed by atoms with E-state index in [-0.39, 0.29) is 24.3 Å². The number of nitrogens with two attached hydrogens (primary N) is 1.